The minimum Gasteiger partial charge on any atom is -0.496 e. The molecule has 1 fully saturated rings. The van der Waals surface area contributed by atoms with Gasteiger partial charge in [-0.05, 0) is 75.1 Å². The summed E-state index contributed by atoms with van der Waals surface area (Å²) in [7, 11) is 1.55. The Morgan fingerprint density at radius 1 is 1.26 bits per heavy atom. The van der Waals surface area contributed by atoms with Crippen molar-refractivity contribution in [2.24, 2.45) is 5.92 Å². The van der Waals surface area contributed by atoms with Gasteiger partial charge in [-0.25, -0.2) is 9.59 Å². The number of anilines is 1. The standard InChI is InChI=1S/C28H35ClN4O5S/c1-6-22(16-7-9-20(21(30)13-16)26(35)38-28(2,3)4)32-27(36)33-15-24(39)31-14-18(25(33)34)11-17-12-19(29)8-10-23(17)37-5/h7-10,12-13,18,22H,6,11,14-15,30H2,1-5H3,(H,31,39)(H,32,36)/t18-,22+/m0/s1. The number of nitrogens with two attached hydrogens (primary N) is 1. The Balaban J connectivity index is 1.79. The topological polar surface area (TPSA) is 123 Å². The van der Waals surface area contributed by atoms with E-state index in [4.69, 9.17) is 39.0 Å². The summed E-state index contributed by atoms with van der Waals surface area (Å²) >= 11 is 11.5. The van der Waals surface area contributed by atoms with Crippen molar-refractivity contribution in [1.82, 2.24) is 15.5 Å². The van der Waals surface area contributed by atoms with Gasteiger partial charge in [0.15, 0.2) is 0 Å². The number of nitrogens with one attached hydrogen (secondary N) is 2. The number of imide groups is 1. The number of methoxy groups -OCH3 is 1. The Kier molecular flexibility index (Phi) is 9.79. The number of hydrogen-bond donors (Lipinski definition) is 3. The zero-order valence-electron chi connectivity index (χ0n) is 22.8. The fraction of sp³-hybridized carbons (Fsp3) is 0.429. The van der Waals surface area contributed by atoms with Crippen LogP contribution in [0.3, 0.4) is 0 Å². The number of hydrogen-bond acceptors (Lipinski definition) is 7. The van der Waals surface area contributed by atoms with Crippen LogP contribution in [-0.4, -0.2) is 53.6 Å². The first-order valence-corrected chi connectivity index (χ1v) is 13.4. The van der Waals surface area contributed by atoms with Gasteiger partial charge in [-0.15, -0.1) is 0 Å². The van der Waals surface area contributed by atoms with Gasteiger partial charge < -0.3 is 25.8 Å². The molecule has 0 spiro atoms. The fourth-order valence-electron chi connectivity index (χ4n) is 4.29. The van der Waals surface area contributed by atoms with Gasteiger partial charge in [0.05, 0.1) is 36.2 Å². The van der Waals surface area contributed by atoms with Crippen molar-refractivity contribution in [2.75, 3.05) is 25.9 Å². The summed E-state index contributed by atoms with van der Waals surface area (Å²) in [6.07, 6.45) is 0.826. The summed E-state index contributed by atoms with van der Waals surface area (Å²) in [5.74, 6) is -0.861. The van der Waals surface area contributed by atoms with Gasteiger partial charge in [0.1, 0.15) is 11.4 Å². The highest BCUT2D eigenvalue weighted by Gasteiger charge is 2.34. The first-order chi connectivity index (χ1) is 18.3. The normalized spacial score (nSPS) is 16.7. The smallest absolute Gasteiger partial charge is 0.340 e. The largest absolute Gasteiger partial charge is 0.496 e. The van der Waals surface area contributed by atoms with E-state index in [0.717, 1.165) is 10.5 Å². The van der Waals surface area contributed by atoms with Crippen molar-refractivity contribution in [3.8, 4) is 5.75 Å². The minimum atomic E-state index is -0.660. The number of nitrogen functional groups attached to an aromatic ring is 1. The SMILES string of the molecule is CC[C@@H](NC(=O)N1CC(=S)NC[C@H](Cc2cc(Cl)ccc2OC)C1=O)c1ccc(C(=O)OC(C)(C)C)c(N)c1. The zero-order chi connectivity index (χ0) is 28.9. The highest BCUT2D eigenvalue weighted by atomic mass is 35.5. The van der Waals surface area contributed by atoms with Gasteiger partial charge >= 0.3 is 12.0 Å². The second kappa shape index (κ2) is 12.7. The Bertz CT molecular complexity index is 1260. The molecule has 0 saturated carbocycles. The molecule has 0 bridgehead atoms. The molecule has 1 aliphatic rings. The van der Waals surface area contributed by atoms with Crippen molar-refractivity contribution in [2.45, 2.75) is 52.2 Å². The molecule has 0 aromatic heterocycles. The van der Waals surface area contributed by atoms with Crippen LogP contribution in [0.1, 0.15) is 61.6 Å². The van der Waals surface area contributed by atoms with Crippen LogP contribution in [0.2, 0.25) is 5.02 Å². The number of rotatable bonds is 7. The van der Waals surface area contributed by atoms with Crippen LogP contribution in [0, 0.1) is 5.92 Å². The van der Waals surface area contributed by atoms with E-state index in [1.54, 1.807) is 64.3 Å². The molecule has 1 aliphatic heterocycles. The molecular weight excluding hydrogens is 540 g/mol. The number of thiocarbonyl (C=S) groups is 1. The van der Waals surface area contributed by atoms with Crippen LogP contribution in [0.25, 0.3) is 0 Å². The number of benzene rings is 2. The highest BCUT2D eigenvalue weighted by Crippen LogP contribution is 2.27. The average molecular weight is 575 g/mol. The van der Waals surface area contributed by atoms with Crippen molar-refractivity contribution in [3.05, 3.63) is 58.1 Å². The van der Waals surface area contributed by atoms with Crippen molar-refractivity contribution in [1.29, 1.82) is 0 Å². The molecule has 1 heterocycles. The Hall–Kier alpha value is -3.37. The predicted octanol–water partition coefficient (Wildman–Crippen LogP) is 4.66. The monoisotopic (exact) mass is 574 g/mol. The third-order valence-electron chi connectivity index (χ3n) is 6.22. The van der Waals surface area contributed by atoms with E-state index in [0.29, 0.717) is 34.2 Å². The van der Waals surface area contributed by atoms with Crippen molar-refractivity contribution < 1.29 is 23.9 Å². The van der Waals surface area contributed by atoms with Crippen molar-refractivity contribution in [3.63, 3.8) is 0 Å². The Labute approximate surface area is 239 Å². The number of halogens is 1. The molecule has 11 heteroatoms. The van der Waals surface area contributed by atoms with Crippen LogP contribution < -0.4 is 21.1 Å². The molecule has 2 aromatic rings. The number of amides is 3. The molecule has 0 radical (unpaired) electrons. The molecule has 210 valence electrons. The number of esters is 1. The van der Waals surface area contributed by atoms with Crippen LogP contribution in [-0.2, 0) is 16.0 Å². The Morgan fingerprint density at radius 3 is 2.59 bits per heavy atom. The lowest BCUT2D eigenvalue weighted by Gasteiger charge is -2.26. The molecule has 3 rings (SSSR count). The van der Waals surface area contributed by atoms with Crippen LogP contribution in [0.5, 0.6) is 5.75 Å². The molecule has 9 nitrogen and oxygen atoms in total. The van der Waals surface area contributed by atoms with Crippen molar-refractivity contribution >= 4 is 52.4 Å². The molecule has 2 atom stereocenters. The van der Waals surface area contributed by atoms with E-state index in [2.05, 4.69) is 10.6 Å². The molecule has 4 N–H and O–H groups in total. The maximum atomic E-state index is 13.5. The summed E-state index contributed by atoms with van der Waals surface area (Å²) in [4.78, 5) is 40.9. The van der Waals surface area contributed by atoms with Crippen LogP contribution >= 0.6 is 23.8 Å². The molecule has 1 saturated heterocycles. The fourth-order valence-corrected chi connectivity index (χ4v) is 4.70. The number of urea groups is 1. The van der Waals surface area contributed by atoms with Crippen LogP contribution in [0.15, 0.2) is 36.4 Å². The van der Waals surface area contributed by atoms with E-state index < -0.39 is 29.6 Å². The maximum absolute atomic E-state index is 13.5. The van der Waals surface area contributed by atoms with Crippen LogP contribution in [0.4, 0.5) is 10.5 Å². The van der Waals surface area contributed by atoms with Gasteiger partial charge in [0, 0.05) is 17.3 Å². The summed E-state index contributed by atoms with van der Waals surface area (Å²) < 4.78 is 10.8. The van der Waals surface area contributed by atoms with Gasteiger partial charge in [-0.2, -0.15) is 0 Å². The van der Waals surface area contributed by atoms with Gasteiger partial charge in [-0.1, -0.05) is 36.8 Å². The summed E-state index contributed by atoms with van der Waals surface area (Å²) in [5, 5.41) is 6.52. The Morgan fingerprint density at radius 2 is 1.97 bits per heavy atom. The van der Waals surface area contributed by atoms with E-state index in [1.165, 1.54) is 0 Å². The summed E-state index contributed by atoms with van der Waals surface area (Å²) in [5.41, 5.74) is 7.44. The highest BCUT2D eigenvalue weighted by molar-refractivity contribution is 7.80. The number of ether oxygens (including phenoxy) is 2. The molecule has 39 heavy (non-hydrogen) atoms. The van der Waals surface area contributed by atoms with E-state index in [-0.39, 0.29) is 30.2 Å². The van der Waals surface area contributed by atoms with E-state index in [1.807, 2.05) is 6.92 Å². The molecule has 2 aromatic carbocycles. The molecule has 0 aliphatic carbocycles. The van der Waals surface area contributed by atoms with Gasteiger partial charge in [-0.3, -0.25) is 9.69 Å². The lowest BCUT2D eigenvalue weighted by molar-refractivity contribution is -0.131. The number of carbonyl (C=O) groups is 3. The minimum absolute atomic E-state index is 0.0423. The predicted molar refractivity (Wildman–Crippen MR) is 155 cm³/mol. The van der Waals surface area contributed by atoms with E-state index >= 15 is 0 Å². The molecule has 0 unspecified atom stereocenters. The lowest BCUT2D eigenvalue weighted by Crippen LogP contribution is -2.48. The second-order valence-electron chi connectivity index (χ2n) is 10.3. The molecule has 3 amide bonds. The number of carbonyl (C=O) groups excluding carboxylic acids is 3. The summed E-state index contributed by atoms with van der Waals surface area (Å²) in [6.45, 7) is 7.46. The second-order valence-corrected chi connectivity index (χ2v) is 11.3. The summed E-state index contributed by atoms with van der Waals surface area (Å²) in [6, 6.07) is 9.11. The lowest BCUT2D eigenvalue weighted by atomic mass is 9.97. The first-order valence-electron chi connectivity index (χ1n) is 12.7. The number of nitrogens with zero attached hydrogens (tertiary/aromatic N) is 1. The average Bonchev–Trinajstić information content (AvgIpc) is 2.99. The quantitative estimate of drug-likeness (QED) is 0.248. The zero-order valence-corrected chi connectivity index (χ0v) is 24.4. The van der Waals surface area contributed by atoms with E-state index in [9.17, 15) is 14.4 Å². The maximum Gasteiger partial charge on any atom is 0.340 e. The third-order valence-corrected chi connectivity index (χ3v) is 6.73. The van der Waals surface area contributed by atoms with Gasteiger partial charge in [0.2, 0.25) is 5.91 Å². The first kappa shape index (κ1) is 30.2. The third kappa shape index (κ3) is 7.83. The molecular formula is C28H35ClN4O5S. The van der Waals surface area contributed by atoms with Gasteiger partial charge in [0.25, 0.3) is 0 Å².